The van der Waals surface area contributed by atoms with E-state index in [4.69, 9.17) is 27.9 Å². The smallest absolute Gasteiger partial charge is 0.257 e. The third kappa shape index (κ3) is 4.55. The Morgan fingerprint density at radius 2 is 1.75 bits per heavy atom. The molecule has 0 atom stereocenters. The molecule has 2 N–H and O–H groups in total. The van der Waals surface area contributed by atoms with Gasteiger partial charge < -0.3 is 20.3 Å². The zero-order chi connectivity index (χ0) is 20.3. The summed E-state index contributed by atoms with van der Waals surface area (Å²) in [5, 5.41) is 5.46. The molecule has 2 amide bonds. The van der Waals surface area contributed by atoms with Gasteiger partial charge in [-0.15, -0.1) is 0 Å². The minimum absolute atomic E-state index is 0.0369. The van der Waals surface area contributed by atoms with Gasteiger partial charge in [0.15, 0.2) is 5.82 Å². The zero-order valence-electron chi connectivity index (χ0n) is 15.0. The van der Waals surface area contributed by atoms with Gasteiger partial charge >= 0.3 is 0 Å². The number of amides is 2. The molecule has 3 rings (SSSR count). The lowest BCUT2D eigenvalue weighted by atomic mass is 10.1. The van der Waals surface area contributed by atoms with Gasteiger partial charge in [0.05, 0.1) is 40.2 Å². The van der Waals surface area contributed by atoms with Gasteiger partial charge in [-0.3, -0.25) is 9.59 Å². The quantitative estimate of drug-likeness (QED) is 0.770. The number of carbonyl (C=O) groups is 2. The van der Waals surface area contributed by atoms with Gasteiger partial charge in [0.2, 0.25) is 5.91 Å². The fourth-order valence-electron chi connectivity index (χ4n) is 2.91. The second-order valence-corrected chi connectivity index (χ2v) is 7.00. The summed E-state index contributed by atoms with van der Waals surface area (Å²) in [7, 11) is 0. The minimum atomic E-state index is -0.612. The number of nitrogens with zero attached hydrogens (tertiary/aromatic N) is 1. The highest BCUT2D eigenvalue weighted by Crippen LogP contribution is 2.35. The maximum absolute atomic E-state index is 14.7. The van der Waals surface area contributed by atoms with Crippen molar-refractivity contribution in [3.8, 4) is 0 Å². The van der Waals surface area contributed by atoms with Crippen molar-refractivity contribution >= 4 is 52.1 Å². The van der Waals surface area contributed by atoms with Crippen LogP contribution < -0.4 is 15.5 Å². The Morgan fingerprint density at radius 3 is 2.43 bits per heavy atom. The Bertz CT molecular complexity index is 918. The van der Waals surface area contributed by atoms with E-state index in [0.717, 1.165) is 0 Å². The molecule has 0 spiro atoms. The highest BCUT2D eigenvalue weighted by molar-refractivity contribution is 6.34. The Labute approximate surface area is 171 Å². The molecule has 0 unspecified atom stereocenters. The van der Waals surface area contributed by atoms with E-state index in [1.165, 1.54) is 25.1 Å². The van der Waals surface area contributed by atoms with Crippen molar-refractivity contribution in [3.63, 3.8) is 0 Å². The molecule has 1 aliphatic rings. The third-order valence-corrected chi connectivity index (χ3v) is 4.80. The molecule has 2 aromatic carbocycles. The SMILES string of the molecule is CC(=O)Nc1ccc(Cl)c(C(=O)Nc2ccc(Cl)c(F)c2N2CCOCC2)c1. The molecule has 1 aliphatic heterocycles. The Morgan fingerprint density at radius 1 is 1.07 bits per heavy atom. The first-order valence-electron chi connectivity index (χ1n) is 8.56. The van der Waals surface area contributed by atoms with Crippen molar-refractivity contribution in [2.75, 3.05) is 41.8 Å². The number of hydrogen-bond donors (Lipinski definition) is 2. The first-order chi connectivity index (χ1) is 13.4. The van der Waals surface area contributed by atoms with E-state index in [-0.39, 0.29) is 32.9 Å². The summed E-state index contributed by atoms with van der Waals surface area (Å²) < 4.78 is 20.1. The number of rotatable bonds is 4. The summed E-state index contributed by atoms with van der Waals surface area (Å²) in [5.74, 6) is -1.42. The van der Waals surface area contributed by atoms with Crippen LogP contribution in [0, 0.1) is 5.82 Å². The van der Waals surface area contributed by atoms with Crippen LogP contribution in [0.5, 0.6) is 0 Å². The van der Waals surface area contributed by atoms with E-state index < -0.39 is 11.7 Å². The lowest BCUT2D eigenvalue weighted by Gasteiger charge is -2.31. The van der Waals surface area contributed by atoms with Crippen LogP contribution in [0.2, 0.25) is 10.0 Å². The first kappa shape index (κ1) is 20.4. The number of anilines is 3. The zero-order valence-corrected chi connectivity index (χ0v) is 16.5. The first-order valence-corrected chi connectivity index (χ1v) is 9.31. The van der Waals surface area contributed by atoms with E-state index in [0.29, 0.717) is 32.0 Å². The van der Waals surface area contributed by atoms with Crippen molar-refractivity contribution in [3.05, 3.63) is 51.8 Å². The van der Waals surface area contributed by atoms with Crippen molar-refractivity contribution < 1.29 is 18.7 Å². The molecule has 148 valence electrons. The molecule has 2 aromatic rings. The summed E-state index contributed by atoms with van der Waals surface area (Å²) in [6.45, 7) is 3.20. The normalized spacial score (nSPS) is 13.9. The predicted molar refractivity (Wildman–Crippen MR) is 108 cm³/mol. The van der Waals surface area contributed by atoms with Crippen LogP contribution in [0.25, 0.3) is 0 Å². The van der Waals surface area contributed by atoms with Crippen molar-refractivity contribution in [1.29, 1.82) is 0 Å². The Kier molecular flexibility index (Phi) is 6.39. The van der Waals surface area contributed by atoms with Crippen LogP contribution in [0.1, 0.15) is 17.3 Å². The standard InChI is InChI=1S/C19H18Cl2FN3O3/c1-11(26)23-12-2-3-14(20)13(10-12)19(27)24-16-5-4-15(21)17(22)18(16)25-6-8-28-9-7-25/h2-5,10H,6-9H2,1H3,(H,23,26)(H,24,27). The molecule has 1 saturated heterocycles. The van der Waals surface area contributed by atoms with Crippen LogP contribution in [0.15, 0.2) is 30.3 Å². The predicted octanol–water partition coefficient (Wildman–Crippen LogP) is 4.18. The molecular formula is C19H18Cl2FN3O3. The molecule has 0 radical (unpaired) electrons. The van der Waals surface area contributed by atoms with E-state index in [1.54, 1.807) is 17.0 Å². The highest BCUT2D eigenvalue weighted by atomic mass is 35.5. The molecular weight excluding hydrogens is 408 g/mol. The molecule has 0 bridgehead atoms. The summed E-state index contributed by atoms with van der Waals surface area (Å²) in [6.07, 6.45) is 0. The van der Waals surface area contributed by atoms with E-state index in [9.17, 15) is 14.0 Å². The Balaban J connectivity index is 1.92. The molecule has 0 aliphatic carbocycles. The van der Waals surface area contributed by atoms with Crippen LogP contribution in [-0.4, -0.2) is 38.1 Å². The fraction of sp³-hybridized carbons (Fsp3) is 0.263. The van der Waals surface area contributed by atoms with Gasteiger partial charge in [0.25, 0.3) is 5.91 Å². The second-order valence-electron chi connectivity index (χ2n) is 6.19. The lowest BCUT2D eigenvalue weighted by Crippen LogP contribution is -2.37. The van der Waals surface area contributed by atoms with Gasteiger partial charge in [-0.2, -0.15) is 0 Å². The summed E-state index contributed by atoms with van der Waals surface area (Å²) in [4.78, 5) is 25.8. The van der Waals surface area contributed by atoms with Crippen LogP contribution in [-0.2, 0) is 9.53 Å². The molecule has 0 aromatic heterocycles. The monoisotopic (exact) mass is 425 g/mol. The van der Waals surface area contributed by atoms with Gasteiger partial charge in [0, 0.05) is 25.7 Å². The van der Waals surface area contributed by atoms with E-state index in [2.05, 4.69) is 10.6 Å². The average Bonchev–Trinajstić information content (AvgIpc) is 2.66. The minimum Gasteiger partial charge on any atom is -0.378 e. The number of hydrogen-bond acceptors (Lipinski definition) is 4. The summed E-state index contributed by atoms with van der Waals surface area (Å²) in [6, 6.07) is 7.47. The number of carbonyl (C=O) groups excluding carboxylic acids is 2. The largest absolute Gasteiger partial charge is 0.378 e. The van der Waals surface area contributed by atoms with Crippen LogP contribution >= 0.6 is 23.2 Å². The molecule has 6 nitrogen and oxygen atoms in total. The Hall–Kier alpha value is -2.35. The van der Waals surface area contributed by atoms with E-state index >= 15 is 0 Å². The van der Waals surface area contributed by atoms with Crippen molar-refractivity contribution in [2.45, 2.75) is 6.92 Å². The molecule has 1 fully saturated rings. The maximum Gasteiger partial charge on any atom is 0.257 e. The third-order valence-electron chi connectivity index (χ3n) is 4.18. The van der Waals surface area contributed by atoms with Gasteiger partial charge in [-0.05, 0) is 30.3 Å². The number of nitrogens with one attached hydrogen (secondary N) is 2. The fourth-order valence-corrected chi connectivity index (χ4v) is 3.26. The van der Waals surface area contributed by atoms with Crippen LogP contribution in [0.4, 0.5) is 21.5 Å². The molecule has 0 saturated carbocycles. The van der Waals surface area contributed by atoms with Crippen molar-refractivity contribution in [1.82, 2.24) is 0 Å². The van der Waals surface area contributed by atoms with Crippen molar-refractivity contribution in [2.24, 2.45) is 0 Å². The topological polar surface area (TPSA) is 70.7 Å². The van der Waals surface area contributed by atoms with Gasteiger partial charge in [-0.25, -0.2) is 4.39 Å². The van der Waals surface area contributed by atoms with E-state index in [1.807, 2.05) is 0 Å². The molecule has 1 heterocycles. The maximum atomic E-state index is 14.7. The summed E-state index contributed by atoms with van der Waals surface area (Å²) >= 11 is 12.1. The number of benzene rings is 2. The second kappa shape index (κ2) is 8.77. The number of halogens is 3. The lowest BCUT2D eigenvalue weighted by molar-refractivity contribution is -0.114. The number of morpholine rings is 1. The van der Waals surface area contributed by atoms with Crippen LogP contribution in [0.3, 0.4) is 0 Å². The summed E-state index contributed by atoms with van der Waals surface area (Å²) in [5.41, 5.74) is 1.06. The molecule has 9 heteroatoms. The van der Waals surface area contributed by atoms with Gasteiger partial charge in [-0.1, -0.05) is 23.2 Å². The number of ether oxygens (including phenoxy) is 1. The highest BCUT2D eigenvalue weighted by Gasteiger charge is 2.23. The molecule has 28 heavy (non-hydrogen) atoms. The van der Waals surface area contributed by atoms with Gasteiger partial charge in [0.1, 0.15) is 0 Å². The average molecular weight is 426 g/mol.